The number of aryl methyl sites for hydroxylation is 1. The topological polar surface area (TPSA) is 91.7 Å². The Morgan fingerprint density at radius 1 is 0.909 bits per heavy atom. The van der Waals surface area contributed by atoms with Crippen molar-refractivity contribution in [2.24, 2.45) is 0 Å². The van der Waals surface area contributed by atoms with E-state index in [9.17, 15) is 14.4 Å². The number of carboxylic acids is 2. The van der Waals surface area contributed by atoms with Gasteiger partial charge in [-0.25, -0.2) is 4.79 Å². The summed E-state index contributed by atoms with van der Waals surface area (Å²) < 4.78 is 0. The molecule has 1 aromatic rings. The maximum atomic E-state index is 10.5. The van der Waals surface area contributed by atoms with Crippen molar-refractivity contribution in [1.82, 2.24) is 0 Å². The maximum absolute atomic E-state index is 10.5. The van der Waals surface area contributed by atoms with E-state index in [1.54, 1.807) is 32.0 Å². The molecule has 0 aliphatic carbocycles. The maximum Gasteiger partial charge on any atom is 0.335 e. The second-order valence-corrected chi connectivity index (χ2v) is 5.13. The van der Waals surface area contributed by atoms with Gasteiger partial charge in [0.05, 0.1) is 5.56 Å². The molecule has 1 aromatic carbocycles. The summed E-state index contributed by atoms with van der Waals surface area (Å²) in [5.74, 6) is -1.38. The quantitative estimate of drug-likeness (QED) is 0.714. The van der Waals surface area contributed by atoms with Gasteiger partial charge in [0.25, 0.3) is 0 Å². The summed E-state index contributed by atoms with van der Waals surface area (Å²) in [5, 5.41) is 16.9. The number of rotatable bonds is 8. The number of hydrogen-bond donors (Lipinski definition) is 2. The molecule has 2 N–H and O–H groups in total. The molecule has 22 heavy (non-hydrogen) atoms. The second kappa shape index (κ2) is 11.5. The monoisotopic (exact) mass is 308 g/mol. The molecule has 0 unspecified atom stereocenters. The van der Waals surface area contributed by atoms with Gasteiger partial charge in [-0.2, -0.15) is 0 Å². The van der Waals surface area contributed by atoms with Crippen LogP contribution in [0.15, 0.2) is 24.3 Å². The van der Waals surface area contributed by atoms with E-state index < -0.39 is 11.9 Å². The van der Waals surface area contributed by atoms with Gasteiger partial charge in [-0.15, -0.1) is 0 Å². The number of ketones is 1. The van der Waals surface area contributed by atoms with Crippen molar-refractivity contribution in [3.8, 4) is 0 Å². The molecular formula is C17H24O5. The fourth-order valence-electron chi connectivity index (χ4n) is 1.82. The minimum atomic E-state index is -0.863. The van der Waals surface area contributed by atoms with E-state index in [4.69, 9.17) is 10.2 Å². The van der Waals surface area contributed by atoms with Crippen LogP contribution in [-0.4, -0.2) is 27.9 Å². The fraction of sp³-hybridized carbons (Fsp3) is 0.471. The number of carbonyl (C=O) groups is 3. The highest BCUT2D eigenvalue weighted by atomic mass is 16.4. The van der Waals surface area contributed by atoms with Gasteiger partial charge >= 0.3 is 11.9 Å². The van der Waals surface area contributed by atoms with E-state index >= 15 is 0 Å². The van der Waals surface area contributed by atoms with Crippen LogP contribution >= 0.6 is 0 Å². The van der Waals surface area contributed by atoms with E-state index in [0.717, 1.165) is 31.2 Å². The SMILES string of the molecule is CC(=O)CCCCCCC(=O)O.Cc1ccccc1C(=O)O. The van der Waals surface area contributed by atoms with E-state index in [1.807, 2.05) is 6.07 Å². The highest BCUT2D eigenvalue weighted by Crippen LogP contribution is 2.06. The van der Waals surface area contributed by atoms with Crippen molar-refractivity contribution in [3.63, 3.8) is 0 Å². The Labute approximate surface area is 131 Å². The molecule has 0 aliphatic rings. The Morgan fingerprint density at radius 2 is 1.45 bits per heavy atom. The van der Waals surface area contributed by atoms with Crippen molar-refractivity contribution in [2.75, 3.05) is 0 Å². The van der Waals surface area contributed by atoms with E-state index in [1.165, 1.54) is 0 Å². The first-order valence-electron chi connectivity index (χ1n) is 7.34. The highest BCUT2D eigenvalue weighted by Gasteiger charge is 2.03. The Hall–Kier alpha value is -2.17. The largest absolute Gasteiger partial charge is 0.481 e. The Bertz CT molecular complexity index is 476. The Balaban J connectivity index is 0.000000406. The number of benzene rings is 1. The van der Waals surface area contributed by atoms with Gasteiger partial charge in [0.1, 0.15) is 5.78 Å². The molecule has 122 valence electrons. The summed E-state index contributed by atoms with van der Waals surface area (Å²) in [4.78, 5) is 31.0. The molecule has 0 atom stereocenters. The molecule has 0 fully saturated rings. The van der Waals surface area contributed by atoms with Crippen molar-refractivity contribution in [1.29, 1.82) is 0 Å². The summed E-state index contributed by atoms with van der Waals surface area (Å²) in [6.45, 7) is 3.36. The molecule has 0 radical (unpaired) electrons. The number of aliphatic carboxylic acids is 1. The third-order valence-electron chi connectivity index (χ3n) is 3.04. The second-order valence-electron chi connectivity index (χ2n) is 5.13. The zero-order chi connectivity index (χ0) is 17.0. The average molecular weight is 308 g/mol. The third-order valence-corrected chi connectivity index (χ3v) is 3.04. The first-order valence-corrected chi connectivity index (χ1v) is 7.34. The number of carboxylic acid groups (broad SMARTS) is 2. The Kier molecular flexibility index (Phi) is 10.4. The lowest BCUT2D eigenvalue weighted by Crippen LogP contribution is -1.97. The highest BCUT2D eigenvalue weighted by molar-refractivity contribution is 5.89. The lowest BCUT2D eigenvalue weighted by Gasteiger charge is -1.96. The average Bonchev–Trinajstić information content (AvgIpc) is 2.43. The Morgan fingerprint density at radius 3 is 1.86 bits per heavy atom. The lowest BCUT2D eigenvalue weighted by atomic mass is 10.1. The summed E-state index contributed by atoms with van der Waals surface area (Å²) in [6.07, 6.45) is 4.39. The van der Waals surface area contributed by atoms with Crippen LogP contribution in [0.5, 0.6) is 0 Å². The summed E-state index contributed by atoms with van der Waals surface area (Å²) >= 11 is 0. The van der Waals surface area contributed by atoms with Gasteiger partial charge < -0.3 is 15.0 Å². The molecule has 1 rings (SSSR count). The zero-order valence-electron chi connectivity index (χ0n) is 13.2. The van der Waals surface area contributed by atoms with E-state index in [2.05, 4.69) is 0 Å². The fourth-order valence-corrected chi connectivity index (χ4v) is 1.82. The molecule has 5 heteroatoms. The van der Waals surface area contributed by atoms with Gasteiger partial charge in [0.15, 0.2) is 0 Å². The van der Waals surface area contributed by atoms with Crippen molar-refractivity contribution >= 4 is 17.7 Å². The molecular weight excluding hydrogens is 284 g/mol. The molecule has 0 saturated heterocycles. The smallest absolute Gasteiger partial charge is 0.335 e. The van der Waals surface area contributed by atoms with Gasteiger partial charge in [0.2, 0.25) is 0 Å². The van der Waals surface area contributed by atoms with Crippen LogP contribution in [0.4, 0.5) is 0 Å². The molecule has 0 bridgehead atoms. The normalized spacial score (nSPS) is 9.55. The van der Waals surface area contributed by atoms with E-state index in [0.29, 0.717) is 12.0 Å². The molecule has 0 heterocycles. The van der Waals surface area contributed by atoms with Crippen molar-refractivity contribution in [3.05, 3.63) is 35.4 Å². The minimum absolute atomic E-state index is 0.216. The number of Topliss-reactive ketones (excluding diaryl/α,β-unsaturated/α-hetero) is 1. The molecule has 0 saturated carbocycles. The first-order chi connectivity index (χ1) is 10.3. The van der Waals surface area contributed by atoms with Gasteiger partial charge in [0, 0.05) is 12.8 Å². The van der Waals surface area contributed by atoms with Gasteiger partial charge in [-0.3, -0.25) is 4.79 Å². The molecule has 0 aromatic heterocycles. The summed E-state index contributed by atoms with van der Waals surface area (Å²) in [5.41, 5.74) is 1.18. The standard InChI is InChI=1S/C9H16O3.C8H8O2/c1-8(10)6-4-2-3-5-7-9(11)12;1-6-4-2-3-5-7(6)8(9)10/h2-7H2,1H3,(H,11,12);2-5H,1H3,(H,9,10). The van der Waals surface area contributed by atoms with Crippen molar-refractivity contribution in [2.45, 2.75) is 52.4 Å². The molecule has 0 spiro atoms. The van der Waals surface area contributed by atoms with Gasteiger partial charge in [-0.1, -0.05) is 31.0 Å². The van der Waals surface area contributed by atoms with Crippen LogP contribution in [0.25, 0.3) is 0 Å². The van der Waals surface area contributed by atoms with Crippen molar-refractivity contribution < 1.29 is 24.6 Å². The number of aromatic carboxylic acids is 1. The molecule has 5 nitrogen and oxygen atoms in total. The number of hydrogen-bond acceptors (Lipinski definition) is 3. The molecule has 0 aliphatic heterocycles. The third kappa shape index (κ3) is 10.6. The number of carbonyl (C=O) groups excluding carboxylic acids is 1. The van der Waals surface area contributed by atoms with Crippen LogP contribution in [0, 0.1) is 6.92 Å². The van der Waals surface area contributed by atoms with E-state index in [-0.39, 0.29) is 12.2 Å². The van der Waals surface area contributed by atoms with Crippen LogP contribution in [0.1, 0.15) is 61.4 Å². The van der Waals surface area contributed by atoms with Gasteiger partial charge in [-0.05, 0) is 38.3 Å². The van der Waals surface area contributed by atoms with Crippen LogP contribution in [-0.2, 0) is 9.59 Å². The summed E-state index contributed by atoms with van der Waals surface area (Å²) in [6, 6.07) is 6.92. The van der Waals surface area contributed by atoms with Crippen LogP contribution in [0.2, 0.25) is 0 Å². The summed E-state index contributed by atoms with van der Waals surface area (Å²) in [7, 11) is 0. The van der Waals surface area contributed by atoms with Crippen LogP contribution in [0.3, 0.4) is 0 Å². The minimum Gasteiger partial charge on any atom is -0.481 e. The predicted molar refractivity (Wildman–Crippen MR) is 84.2 cm³/mol. The first kappa shape index (κ1) is 19.8. The lowest BCUT2D eigenvalue weighted by molar-refractivity contribution is -0.137. The predicted octanol–water partition coefficient (Wildman–Crippen LogP) is 3.69. The van der Waals surface area contributed by atoms with Crippen LogP contribution < -0.4 is 0 Å². The molecule has 0 amide bonds. The number of unbranched alkanes of at least 4 members (excludes halogenated alkanes) is 3. The zero-order valence-corrected chi connectivity index (χ0v) is 13.2.